The molecular weight excluding hydrogens is 211 g/mol. The van der Waals surface area contributed by atoms with E-state index in [0.29, 0.717) is 11.5 Å². The highest BCUT2D eigenvalue weighted by Gasteiger charge is 2.13. The highest BCUT2D eigenvalue weighted by molar-refractivity contribution is 5.85. The number of carboxylic acid groups (broad SMARTS) is 1. The number of hydrogen-bond acceptors (Lipinski definition) is 2. The van der Waals surface area contributed by atoms with Crippen molar-refractivity contribution in [3.8, 4) is 5.69 Å². The van der Waals surface area contributed by atoms with Crippen LogP contribution in [0.25, 0.3) is 5.69 Å². The molecule has 1 aromatic heterocycles. The summed E-state index contributed by atoms with van der Waals surface area (Å²) in [7, 11) is 0. The van der Waals surface area contributed by atoms with E-state index in [2.05, 4.69) is 4.98 Å². The van der Waals surface area contributed by atoms with Gasteiger partial charge in [0.2, 0.25) is 0 Å². The summed E-state index contributed by atoms with van der Waals surface area (Å²) in [6.07, 6.45) is 1.30. The van der Waals surface area contributed by atoms with E-state index in [0.717, 1.165) is 0 Å². The van der Waals surface area contributed by atoms with Gasteiger partial charge in [-0.3, -0.25) is 0 Å². The van der Waals surface area contributed by atoms with Crippen molar-refractivity contribution in [2.75, 3.05) is 0 Å². The standard InChI is InChI=1S/C11H9FN2O2/c1-7-13-9(11(15)16)6-14(7)10-5-3-2-4-8(10)12/h2-6H,1H3,(H,15,16). The first-order chi connectivity index (χ1) is 7.59. The molecule has 0 saturated heterocycles. The van der Waals surface area contributed by atoms with E-state index < -0.39 is 11.8 Å². The van der Waals surface area contributed by atoms with Crippen LogP contribution in [0.5, 0.6) is 0 Å². The number of halogens is 1. The molecule has 2 aromatic rings. The second-order valence-electron chi connectivity index (χ2n) is 3.30. The highest BCUT2D eigenvalue weighted by Crippen LogP contribution is 2.15. The van der Waals surface area contributed by atoms with Crippen molar-refractivity contribution in [1.29, 1.82) is 0 Å². The summed E-state index contributed by atoms with van der Waals surface area (Å²) in [5.74, 6) is -1.11. The summed E-state index contributed by atoms with van der Waals surface area (Å²) in [4.78, 5) is 14.5. The van der Waals surface area contributed by atoms with Crippen molar-refractivity contribution in [1.82, 2.24) is 9.55 Å². The summed E-state index contributed by atoms with van der Waals surface area (Å²) in [5, 5.41) is 8.77. The van der Waals surface area contributed by atoms with Gasteiger partial charge >= 0.3 is 5.97 Å². The average Bonchev–Trinajstić information content (AvgIpc) is 2.61. The highest BCUT2D eigenvalue weighted by atomic mass is 19.1. The maximum Gasteiger partial charge on any atom is 0.356 e. The zero-order chi connectivity index (χ0) is 11.7. The molecule has 1 aromatic carbocycles. The molecule has 0 saturated carbocycles. The maximum atomic E-state index is 13.5. The van der Waals surface area contributed by atoms with E-state index >= 15 is 0 Å². The largest absolute Gasteiger partial charge is 0.476 e. The molecule has 5 heteroatoms. The van der Waals surface area contributed by atoms with Crippen LogP contribution in [0.15, 0.2) is 30.5 Å². The quantitative estimate of drug-likeness (QED) is 0.842. The summed E-state index contributed by atoms with van der Waals surface area (Å²) < 4.78 is 14.9. The smallest absolute Gasteiger partial charge is 0.356 e. The normalized spacial score (nSPS) is 10.4. The second-order valence-corrected chi connectivity index (χ2v) is 3.30. The van der Waals surface area contributed by atoms with Crippen LogP contribution in [-0.4, -0.2) is 20.6 Å². The van der Waals surface area contributed by atoms with Crippen LogP contribution in [0.4, 0.5) is 4.39 Å². The lowest BCUT2D eigenvalue weighted by molar-refractivity contribution is 0.0691. The predicted octanol–water partition coefficient (Wildman–Crippen LogP) is 2.02. The molecule has 0 aliphatic rings. The van der Waals surface area contributed by atoms with E-state index in [1.807, 2.05) is 0 Å². The van der Waals surface area contributed by atoms with Gasteiger partial charge in [-0.05, 0) is 19.1 Å². The first-order valence-corrected chi connectivity index (χ1v) is 4.64. The van der Waals surface area contributed by atoms with Crippen molar-refractivity contribution < 1.29 is 14.3 Å². The number of hydrogen-bond donors (Lipinski definition) is 1. The molecular formula is C11H9FN2O2. The Labute approximate surface area is 91.0 Å². The van der Waals surface area contributed by atoms with E-state index in [4.69, 9.17) is 5.11 Å². The minimum absolute atomic E-state index is 0.0965. The molecule has 1 heterocycles. The molecule has 0 atom stereocenters. The van der Waals surface area contributed by atoms with Crippen molar-refractivity contribution in [2.24, 2.45) is 0 Å². The van der Waals surface area contributed by atoms with Crippen LogP contribution in [0.2, 0.25) is 0 Å². The molecule has 82 valence electrons. The first kappa shape index (κ1) is 10.4. The predicted molar refractivity (Wildman–Crippen MR) is 55.2 cm³/mol. The number of nitrogens with zero attached hydrogens (tertiary/aromatic N) is 2. The lowest BCUT2D eigenvalue weighted by Crippen LogP contribution is -1.98. The maximum absolute atomic E-state index is 13.5. The van der Waals surface area contributed by atoms with Crippen molar-refractivity contribution in [2.45, 2.75) is 6.92 Å². The van der Waals surface area contributed by atoms with Crippen LogP contribution in [0, 0.1) is 12.7 Å². The van der Waals surface area contributed by atoms with Gasteiger partial charge in [-0.25, -0.2) is 14.2 Å². The Hall–Kier alpha value is -2.17. The molecule has 0 aliphatic heterocycles. The van der Waals surface area contributed by atoms with E-state index in [9.17, 15) is 9.18 Å². The molecule has 2 rings (SSSR count). The van der Waals surface area contributed by atoms with Gasteiger partial charge in [-0.1, -0.05) is 12.1 Å². The van der Waals surface area contributed by atoms with Crippen LogP contribution in [0.1, 0.15) is 16.3 Å². The topological polar surface area (TPSA) is 55.1 Å². The Morgan fingerprint density at radius 1 is 1.44 bits per heavy atom. The van der Waals surface area contributed by atoms with E-state index in [1.165, 1.54) is 16.8 Å². The summed E-state index contributed by atoms with van der Waals surface area (Å²) >= 11 is 0. The summed E-state index contributed by atoms with van der Waals surface area (Å²) in [5.41, 5.74) is 0.195. The minimum Gasteiger partial charge on any atom is -0.476 e. The first-order valence-electron chi connectivity index (χ1n) is 4.64. The second kappa shape index (κ2) is 3.77. The number of aryl methyl sites for hydroxylation is 1. The zero-order valence-electron chi connectivity index (χ0n) is 8.51. The third kappa shape index (κ3) is 1.67. The summed E-state index contributed by atoms with van der Waals surface area (Å²) in [6, 6.07) is 6.13. The lowest BCUT2D eigenvalue weighted by atomic mass is 10.3. The Balaban J connectivity index is 2.57. The van der Waals surface area contributed by atoms with Crippen molar-refractivity contribution >= 4 is 5.97 Å². The number of carbonyl (C=O) groups is 1. The van der Waals surface area contributed by atoms with Gasteiger partial charge in [0.15, 0.2) is 5.69 Å². The van der Waals surface area contributed by atoms with E-state index in [-0.39, 0.29) is 5.69 Å². The number of para-hydroxylation sites is 1. The lowest BCUT2D eigenvalue weighted by Gasteiger charge is -2.04. The third-order valence-corrected chi connectivity index (χ3v) is 2.21. The number of aromatic carboxylic acids is 1. The molecule has 0 aliphatic carbocycles. The third-order valence-electron chi connectivity index (χ3n) is 2.21. The van der Waals surface area contributed by atoms with Gasteiger partial charge in [-0.15, -0.1) is 0 Å². The number of aromatic nitrogens is 2. The van der Waals surface area contributed by atoms with Crippen LogP contribution in [0.3, 0.4) is 0 Å². The Bertz CT molecular complexity index is 549. The number of benzene rings is 1. The molecule has 0 fully saturated rings. The molecule has 1 N–H and O–H groups in total. The SMILES string of the molecule is Cc1nc(C(=O)O)cn1-c1ccccc1F. The molecule has 16 heavy (non-hydrogen) atoms. The van der Waals surface area contributed by atoms with Gasteiger partial charge in [-0.2, -0.15) is 0 Å². The Morgan fingerprint density at radius 2 is 2.12 bits per heavy atom. The molecule has 0 spiro atoms. The zero-order valence-corrected chi connectivity index (χ0v) is 8.51. The molecule has 0 amide bonds. The number of imidazole rings is 1. The van der Waals surface area contributed by atoms with Gasteiger partial charge in [0.05, 0.1) is 5.69 Å². The minimum atomic E-state index is -1.13. The molecule has 0 radical (unpaired) electrons. The van der Waals surface area contributed by atoms with Gasteiger partial charge in [0, 0.05) is 6.20 Å². The Morgan fingerprint density at radius 3 is 2.69 bits per heavy atom. The van der Waals surface area contributed by atoms with Crippen molar-refractivity contribution in [3.63, 3.8) is 0 Å². The molecule has 4 nitrogen and oxygen atoms in total. The van der Waals surface area contributed by atoms with Gasteiger partial charge < -0.3 is 9.67 Å². The fourth-order valence-electron chi connectivity index (χ4n) is 1.47. The monoisotopic (exact) mass is 220 g/mol. The average molecular weight is 220 g/mol. The fraction of sp³-hybridized carbons (Fsp3) is 0.0909. The van der Waals surface area contributed by atoms with E-state index in [1.54, 1.807) is 25.1 Å². The fourth-order valence-corrected chi connectivity index (χ4v) is 1.47. The van der Waals surface area contributed by atoms with Crippen LogP contribution >= 0.6 is 0 Å². The summed E-state index contributed by atoms with van der Waals surface area (Å²) in [6.45, 7) is 1.62. The molecule has 0 unspecified atom stereocenters. The number of rotatable bonds is 2. The van der Waals surface area contributed by atoms with Crippen LogP contribution in [-0.2, 0) is 0 Å². The van der Waals surface area contributed by atoms with Gasteiger partial charge in [0.25, 0.3) is 0 Å². The Kier molecular flexibility index (Phi) is 2.44. The van der Waals surface area contributed by atoms with Gasteiger partial charge in [0.1, 0.15) is 11.6 Å². The van der Waals surface area contributed by atoms with Crippen LogP contribution < -0.4 is 0 Å². The molecule has 0 bridgehead atoms. The van der Waals surface area contributed by atoms with Crippen molar-refractivity contribution in [3.05, 3.63) is 47.8 Å². The number of carboxylic acids is 1.